The SMILES string of the molecule is CCCCCCCCCCCCOCC(O)(CO)C[NH2+]C.COS(=O)(=O)[O-]. The Labute approximate surface area is 165 Å². The quantitative estimate of drug-likeness (QED) is 0.183. The van der Waals surface area contributed by atoms with E-state index in [-0.39, 0.29) is 13.2 Å². The highest BCUT2D eigenvalue weighted by Crippen LogP contribution is 2.10. The summed E-state index contributed by atoms with van der Waals surface area (Å²) in [5.41, 5.74) is -1.09. The highest BCUT2D eigenvalue weighted by atomic mass is 32.3. The van der Waals surface area contributed by atoms with E-state index >= 15 is 0 Å². The van der Waals surface area contributed by atoms with Gasteiger partial charge >= 0.3 is 0 Å². The lowest BCUT2D eigenvalue weighted by atomic mass is 10.1. The lowest BCUT2D eigenvalue weighted by Crippen LogP contribution is -2.85. The molecule has 0 saturated heterocycles. The number of hydrogen-bond acceptors (Lipinski definition) is 7. The zero-order valence-corrected chi connectivity index (χ0v) is 18.1. The first-order chi connectivity index (χ1) is 12.7. The van der Waals surface area contributed by atoms with Crippen LogP contribution in [-0.4, -0.2) is 69.3 Å². The minimum Gasteiger partial charge on any atom is -0.726 e. The molecule has 0 amide bonds. The van der Waals surface area contributed by atoms with Crippen molar-refractivity contribution in [3.63, 3.8) is 0 Å². The smallest absolute Gasteiger partial charge is 0.217 e. The van der Waals surface area contributed by atoms with Gasteiger partial charge < -0.3 is 24.8 Å². The topological polar surface area (TPSA) is 133 Å². The van der Waals surface area contributed by atoms with E-state index in [0.717, 1.165) is 13.5 Å². The molecule has 0 aromatic heterocycles. The fraction of sp³-hybridized carbons (Fsp3) is 1.00. The van der Waals surface area contributed by atoms with Crippen molar-refractivity contribution in [2.75, 3.05) is 40.5 Å². The largest absolute Gasteiger partial charge is 0.726 e. The molecule has 0 heterocycles. The molecule has 0 aliphatic carbocycles. The minimum absolute atomic E-state index is 0.227. The molecule has 0 rings (SSSR count). The molecule has 166 valence electrons. The summed E-state index contributed by atoms with van der Waals surface area (Å²) in [6.07, 6.45) is 13.1. The average molecular weight is 416 g/mol. The highest BCUT2D eigenvalue weighted by Gasteiger charge is 2.27. The molecule has 0 aromatic carbocycles. The summed E-state index contributed by atoms with van der Waals surface area (Å²) < 4.78 is 36.5. The van der Waals surface area contributed by atoms with Crippen LogP contribution in [0.2, 0.25) is 0 Å². The van der Waals surface area contributed by atoms with E-state index in [0.29, 0.717) is 13.2 Å². The van der Waals surface area contributed by atoms with Gasteiger partial charge in [0.15, 0.2) is 5.60 Å². The third kappa shape index (κ3) is 23.7. The van der Waals surface area contributed by atoms with Gasteiger partial charge in [0.05, 0.1) is 27.4 Å². The number of quaternary nitrogens is 1. The molecule has 0 aromatic rings. The third-order valence-electron chi connectivity index (χ3n) is 4.10. The summed E-state index contributed by atoms with van der Waals surface area (Å²) in [5, 5.41) is 21.0. The summed E-state index contributed by atoms with van der Waals surface area (Å²) in [6.45, 7) is 3.40. The summed E-state index contributed by atoms with van der Waals surface area (Å²) >= 11 is 0. The molecule has 0 fully saturated rings. The maximum absolute atomic E-state index is 9.98. The van der Waals surface area contributed by atoms with E-state index in [2.05, 4.69) is 11.1 Å². The maximum atomic E-state index is 9.98. The third-order valence-corrected chi connectivity index (χ3v) is 4.50. The normalized spacial score (nSPS) is 13.7. The molecule has 27 heavy (non-hydrogen) atoms. The van der Waals surface area contributed by atoms with Crippen LogP contribution in [0.4, 0.5) is 0 Å². The first-order valence-electron chi connectivity index (χ1n) is 9.95. The van der Waals surface area contributed by atoms with Crippen LogP contribution in [0.15, 0.2) is 0 Å². The number of likely N-dealkylation sites (N-methyl/N-ethyl adjacent to an activating group) is 1. The number of aliphatic hydroxyl groups excluding tert-OH is 1. The van der Waals surface area contributed by atoms with Gasteiger partial charge in [-0.2, -0.15) is 0 Å². The Morgan fingerprint density at radius 2 is 1.44 bits per heavy atom. The Balaban J connectivity index is 0. The lowest BCUT2D eigenvalue weighted by Gasteiger charge is -2.23. The van der Waals surface area contributed by atoms with Crippen molar-refractivity contribution < 1.29 is 37.4 Å². The molecular weight excluding hydrogens is 374 g/mol. The highest BCUT2D eigenvalue weighted by molar-refractivity contribution is 7.80. The Morgan fingerprint density at radius 3 is 1.81 bits per heavy atom. The van der Waals surface area contributed by atoms with Crippen LogP contribution in [0.1, 0.15) is 71.1 Å². The van der Waals surface area contributed by atoms with Crippen LogP contribution in [0.25, 0.3) is 0 Å². The van der Waals surface area contributed by atoms with Crippen molar-refractivity contribution in [1.82, 2.24) is 0 Å². The monoisotopic (exact) mass is 415 g/mol. The Morgan fingerprint density at radius 1 is 1.00 bits per heavy atom. The second-order valence-corrected chi connectivity index (χ2v) is 7.95. The van der Waals surface area contributed by atoms with Crippen LogP contribution >= 0.6 is 0 Å². The fourth-order valence-corrected chi connectivity index (χ4v) is 2.50. The second kappa shape index (κ2) is 19.0. The van der Waals surface area contributed by atoms with Crippen LogP contribution in [0.3, 0.4) is 0 Å². The van der Waals surface area contributed by atoms with Gasteiger partial charge in [0.2, 0.25) is 10.4 Å². The molecule has 4 N–H and O–H groups in total. The number of unbranched alkanes of at least 4 members (excludes halogenated alkanes) is 9. The number of ether oxygens (including phenoxy) is 1. The molecule has 8 nitrogen and oxygen atoms in total. The first-order valence-corrected chi connectivity index (χ1v) is 11.3. The zero-order valence-electron chi connectivity index (χ0n) is 17.3. The molecule has 0 saturated carbocycles. The van der Waals surface area contributed by atoms with Gasteiger partial charge in [0.25, 0.3) is 0 Å². The zero-order chi connectivity index (χ0) is 21.0. The van der Waals surface area contributed by atoms with Crippen LogP contribution in [0, 0.1) is 0 Å². The summed E-state index contributed by atoms with van der Waals surface area (Å²) in [4.78, 5) is 0. The van der Waals surface area contributed by atoms with Gasteiger partial charge in [-0.1, -0.05) is 64.7 Å². The van der Waals surface area contributed by atoms with Crippen LogP contribution < -0.4 is 5.32 Å². The Bertz CT molecular complexity index is 407. The molecule has 1 atom stereocenters. The lowest BCUT2D eigenvalue weighted by molar-refractivity contribution is -0.641. The van der Waals surface area contributed by atoms with Gasteiger partial charge in [-0.25, -0.2) is 8.42 Å². The average Bonchev–Trinajstić information content (AvgIpc) is 2.63. The summed E-state index contributed by atoms with van der Waals surface area (Å²) in [6, 6.07) is 0. The summed E-state index contributed by atoms with van der Waals surface area (Å²) in [5.74, 6) is 0. The number of aliphatic hydroxyl groups is 2. The van der Waals surface area contributed by atoms with Crippen LogP contribution in [-0.2, 0) is 19.3 Å². The van der Waals surface area contributed by atoms with E-state index in [1.807, 2.05) is 12.4 Å². The molecular formula is C18H41NO7S. The van der Waals surface area contributed by atoms with Gasteiger partial charge in [-0.15, -0.1) is 0 Å². The van der Waals surface area contributed by atoms with Gasteiger partial charge in [0.1, 0.15) is 6.54 Å². The van der Waals surface area contributed by atoms with Crippen molar-refractivity contribution in [3.05, 3.63) is 0 Å². The molecule has 1 unspecified atom stereocenters. The Hall–Kier alpha value is -0.290. The van der Waals surface area contributed by atoms with E-state index in [1.165, 1.54) is 57.8 Å². The Kier molecular flexibility index (Phi) is 20.4. The number of rotatable bonds is 17. The molecule has 0 spiro atoms. The van der Waals surface area contributed by atoms with Crippen molar-refractivity contribution in [1.29, 1.82) is 0 Å². The van der Waals surface area contributed by atoms with E-state index in [9.17, 15) is 18.1 Å². The molecule has 0 radical (unpaired) electrons. The number of nitrogens with two attached hydrogens (primary N) is 1. The van der Waals surface area contributed by atoms with Crippen molar-refractivity contribution in [2.45, 2.75) is 76.7 Å². The fourth-order valence-electron chi connectivity index (χ4n) is 2.50. The molecule has 0 bridgehead atoms. The molecule has 0 aliphatic rings. The van der Waals surface area contributed by atoms with Crippen molar-refractivity contribution >= 4 is 10.4 Å². The predicted octanol–water partition coefficient (Wildman–Crippen LogP) is 0.934. The van der Waals surface area contributed by atoms with Crippen LogP contribution in [0.5, 0.6) is 0 Å². The van der Waals surface area contributed by atoms with Gasteiger partial charge in [-0.05, 0) is 6.42 Å². The van der Waals surface area contributed by atoms with Crippen molar-refractivity contribution in [3.8, 4) is 0 Å². The maximum Gasteiger partial charge on any atom is 0.217 e. The first kappa shape index (κ1) is 28.9. The molecule has 0 aliphatic heterocycles. The summed E-state index contributed by atoms with van der Waals surface area (Å²) in [7, 11) is -1.73. The van der Waals surface area contributed by atoms with Crippen molar-refractivity contribution in [2.24, 2.45) is 0 Å². The molecule has 9 heteroatoms. The number of hydrogen-bond donors (Lipinski definition) is 3. The van der Waals surface area contributed by atoms with Gasteiger partial charge in [-0.3, -0.25) is 4.18 Å². The predicted molar refractivity (Wildman–Crippen MR) is 104 cm³/mol. The van der Waals surface area contributed by atoms with E-state index in [1.54, 1.807) is 0 Å². The van der Waals surface area contributed by atoms with Gasteiger partial charge in [0, 0.05) is 6.61 Å². The standard InChI is InChI=1S/C17H37NO3.CH4O4S/c1-3-4-5-6-7-8-9-10-11-12-13-21-16-17(20,15-19)14-18-2;1-5-6(2,3)4/h18-20H,3-16H2,1-2H3;1H3,(H,2,3,4). The minimum atomic E-state index is -4.41. The second-order valence-electron chi connectivity index (χ2n) is 6.80. The van der Waals surface area contributed by atoms with E-state index < -0.39 is 16.0 Å². The van der Waals surface area contributed by atoms with E-state index in [4.69, 9.17) is 9.84 Å².